The van der Waals surface area contributed by atoms with Gasteiger partial charge in [-0.15, -0.1) is 0 Å². The summed E-state index contributed by atoms with van der Waals surface area (Å²) in [5, 5.41) is 31.8. The van der Waals surface area contributed by atoms with Gasteiger partial charge >= 0.3 is 6.18 Å². The van der Waals surface area contributed by atoms with E-state index in [0.29, 0.717) is 16.7 Å². The molecule has 190 valence electrons. The molecule has 0 radical (unpaired) electrons. The van der Waals surface area contributed by atoms with E-state index in [9.17, 15) is 28.3 Å². The predicted molar refractivity (Wildman–Crippen MR) is 134 cm³/mol. The second kappa shape index (κ2) is 10.6. The molecule has 4 rings (SSSR count). The van der Waals surface area contributed by atoms with Gasteiger partial charge in [-0.3, -0.25) is 4.79 Å². The summed E-state index contributed by atoms with van der Waals surface area (Å²) in [6.45, 7) is 1.56. The van der Waals surface area contributed by atoms with Crippen LogP contribution in [0.4, 0.5) is 18.9 Å². The number of alkyl halides is 3. The van der Waals surface area contributed by atoms with Crippen LogP contribution in [-0.2, 0) is 12.6 Å². The number of aliphatic hydroxyl groups is 1. The Bertz CT molecular complexity index is 1590. The number of hydrogen-bond donors (Lipinski definition) is 2. The number of amides is 1. The number of benzene rings is 3. The Hall–Kier alpha value is -4.86. The zero-order chi connectivity index (χ0) is 27.4. The molecule has 2 N–H and O–H groups in total. The number of aliphatic hydroxyl groups excluding tert-OH is 1. The number of carbonyl (C=O) groups is 1. The maximum Gasteiger partial charge on any atom is 0.418 e. The number of nitrogens with zero attached hydrogens (tertiary/aromatic N) is 3. The highest BCUT2D eigenvalue weighted by Crippen LogP contribution is 2.36. The molecule has 0 aliphatic rings. The molecule has 0 spiro atoms. The van der Waals surface area contributed by atoms with Crippen LogP contribution in [0.1, 0.15) is 57.0 Å². The van der Waals surface area contributed by atoms with Crippen molar-refractivity contribution in [2.45, 2.75) is 25.6 Å². The van der Waals surface area contributed by atoms with E-state index in [2.05, 4.69) is 5.32 Å². The van der Waals surface area contributed by atoms with Gasteiger partial charge in [-0.2, -0.15) is 23.7 Å². The Balaban J connectivity index is 1.73. The van der Waals surface area contributed by atoms with Gasteiger partial charge in [0.15, 0.2) is 0 Å². The zero-order valence-electron chi connectivity index (χ0n) is 20.1. The van der Waals surface area contributed by atoms with Crippen molar-refractivity contribution in [3.05, 3.63) is 118 Å². The number of hydrogen-bond acceptors (Lipinski definition) is 4. The van der Waals surface area contributed by atoms with E-state index >= 15 is 0 Å². The summed E-state index contributed by atoms with van der Waals surface area (Å²) in [5.74, 6) is -0.796. The van der Waals surface area contributed by atoms with Crippen LogP contribution in [0, 0.1) is 22.7 Å². The molecule has 0 saturated heterocycles. The van der Waals surface area contributed by atoms with Crippen molar-refractivity contribution in [1.82, 2.24) is 4.57 Å². The minimum atomic E-state index is -4.69. The smallest absolute Gasteiger partial charge is 0.384 e. The minimum Gasteiger partial charge on any atom is -0.384 e. The van der Waals surface area contributed by atoms with Crippen LogP contribution in [0.3, 0.4) is 0 Å². The summed E-state index contributed by atoms with van der Waals surface area (Å²) >= 11 is 0. The fraction of sp³-hybridized carbons (Fsp3) is 0.138. The number of rotatable bonds is 6. The third kappa shape index (κ3) is 5.29. The highest BCUT2D eigenvalue weighted by molar-refractivity contribution is 6.04. The summed E-state index contributed by atoms with van der Waals surface area (Å²) in [4.78, 5) is 13.3. The molecule has 1 amide bonds. The number of halogens is 3. The third-order valence-corrected chi connectivity index (χ3v) is 6.00. The summed E-state index contributed by atoms with van der Waals surface area (Å²) in [6, 6.07) is 23.5. The third-order valence-electron chi connectivity index (χ3n) is 6.00. The standard InChI is InChI=1S/C29H21F3N4O2/c1-2-25-24(29(30,31)32)15-26(36(25)23-11-4-7-19(13-23)17-34)28(38)35-22-10-5-9-21(14-22)27(37)20-8-3-6-18(12-20)16-33/h3-15,27,37H,2H2,1H3,(H,35,38). The number of anilines is 1. The molecule has 6 nitrogen and oxygen atoms in total. The molecule has 1 unspecified atom stereocenters. The monoisotopic (exact) mass is 514 g/mol. The van der Waals surface area contributed by atoms with Crippen molar-refractivity contribution in [3.63, 3.8) is 0 Å². The van der Waals surface area contributed by atoms with E-state index in [1.165, 1.54) is 34.9 Å². The molecule has 0 aliphatic heterocycles. The highest BCUT2D eigenvalue weighted by Gasteiger charge is 2.37. The SMILES string of the molecule is CCc1c(C(F)(F)F)cc(C(=O)Nc2cccc(C(O)c3cccc(C#N)c3)c2)n1-c1cccc(C#N)c1. The van der Waals surface area contributed by atoms with Crippen molar-refractivity contribution in [2.24, 2.45) is 0 Å². The van der Waals surface area contributed by atoms with E-state index in [1.54, 1.807) is 49.4 Å². The molecule has 0 saturated carbocycles. The molecule has 0 fully saturated rings. The average molecular weight is 515 g/mol. The fourth-order valence-electron chi connectivity index (χ4n) is 4.27. The van der Waals surface area contributed by atoms with Gasteiger partial charge in [-0.25, -0.2) is 0 Å². The number of carbonyl (C=O) groups excluding carboxylic acids is 1. The molecule has 4 aromatic rings. The lowest BCUT2D eigenvalue weighted by Gasteiger charge is -2.16. The zero-order valence-corrected chi connectivity index (χ0v) is 20.1. The Morgan fingerprint density at radius 2 is 1.55 bits per heavy atom. The van der Waals surface area contributed by atoms with Gasteiger partial charge in [0.1, 0.15) is 11.8 Å². The van der Waals surface area contributed by atoms with Gasteiger partial charge in [0.05, 0.1) is 28.8 Å². The lowest BCUT2D eigenvalue weighted by atomic mass is 9.99. The molecule has 0 aliphatic carbocycles. The second-order valence-corrected chi connectivity index (χ2v) is 8.46. The van der Waals surface area contributed by atoms with Crippen molar-refractivity contribution in [2.75, 3.05) is 5.32 Å². The van der Waals surface area contributed by atoms with Crippen LogP contribution < -0.4 is 5.32 Å². The summed E-state index contributed by atoms with van der Waals surface area (Å²) < 4.78 is 42.9. The van der Waals surface area contributed by atoms with Crippen LogP contribution >= 0.6 is 0 Å². The Morgan fingerprint density at radius 1 is 0.947 bits per heavy atom. The maximum atomic E-state index is 13.9. The van der Waals surface area contributed by atoms with Gasteiger partial charge in [0.25, 0.3) is 5.91 Å². The minimum absolute atomic E-state index is 0.0116. The van der Waals surface area contributed by atoms with Crippen LogP contribution in [0.5, 0.6) is 0 Å². The lowest BCUT2D eigenvalue weighted by Crippen LogP contribution is -2.17. The Morgan fingerprint density at radius 3 is 2.18 bits per heavy atom. The fourth-order valence-corrected chi connectivity index (χ4v) is 4.27. The van der Waals surface area contributed by atoms with Crippen LogP contribution in [-0.4, -0.2) is 15.6 Å². The molecular formula is C29H21F3N4O2. The molecular weight excluding hydrogens is 493 g/mol. The Labute approximate surface area is 216 Å². The van der Waals surface area contributed by atoms with E-state index < -0.39 is 23.8 Å². The van der Waals surface area contributed by atoms with Gasteiger partial charge in [-0.1, -0.05) is 37.3 Å². The summed E-state index contributed by atoms with van der Waals surface area (Å²) in [5.41, 5.74) is 0.711. The van der Waals surface area contributed by atoms with Crippen molar-refractivity contribution >= 4 is 11.6 Å². The lowest BCUT2D eigenvalue weighted by molar-refractivity contribution is -0.138. The average Bonchev–Trinajstić information content (AvgIpc) is 3.33. The van der Waals surface area contributed by atoms with Gasteiger partial charge in [-0.05, 0) is 66.1 Å². The van der Waals surface area contributed by atoms with E-state index in [0.717, 1.165) is 6.07 Å². The van der Waals surface area contributed by atoms with Crippen LogP contribution in [0.15, 0.2) is 78.9 Å². The maximum absolute atomic E-state index is 13.9. The highest BCUT2D eigenvalue weighted by atomic mass is 19.4. The molecule has 1 atom stereocenters. The molecule has 1 heterocycles. The quantitative estimate of drug-likeness (QED) is 0.323. The summed E-state index contributed by atoms with van der Waals surface area (Å²) in [7, 11) is 0. The van der Waals surface area contributed by atoms with Gasteiger partial charge < -0.3 is 15.0 Å². The number of aromatic nitrogens is 1. The Kier molecular flexibility index (Phi) is 7.33. The van der Waals surface area contributed by atoms with Gasteiger partial charge in [0.2, 0.25) is 0 Å². The normalized spacial score (nSPS) is 11.9. The topological polar surface area (TPSA) is 102 Å². The second-order valence-electron chi connectivity index (χ2n) is 8.46. The molecule has 0 bridgehead atoms. The van der Waals surface area contributed by atoms with Crippen molar-refractivity contribution in [1.29, 1.82) is 10.5 Å². The summed E-state index contributed by atoms with van der Waals surface area (Å²) in [6.07, 6.45) is -5.80. The van der Waals surface area contributed by atoms with E-state index in [4.69, 9.17) is 5.26 Å². The van der Waals surface area contributed by atoms with Crippen LogP contribution in [0.25, 0.3) is 5.69 Å². The van der Waals surface area contributed by atoms with Crippen molar-refractivity contribution < 1.29 is 23.1 Å². The largest absolute Gasteiger partial charge is 0.418 e. The molecule has 38 heavy (non-hydrogen) atoms. The molecule has 3 aromatic carbocycles. The first-order chi connectivity index (χ1) is 18.2. The first-order valence-electron chi connectivity index (χ1n) is 11.6. The number of nitriles is 2. The van der Waals surface area contributed by atoms with E-state index in [-0.39, 0.29) is 34.7 Å². The number of nitrogens with one attached hydrogen (secondary N) is 1. The van der Waals surface area contributed by atoms with Gasteiger partial charge in [0, 0.05) is 17.1 Å². The molecule has 9 heteroatoms. The van der Waals surface area contributed by atoms with Crippen molar-refractivity contribution in [3.8, 4) is 17.8 Å². The predicted octanol–water partition coefficient (Wildman–Crippen LogP) is 6.14. The van der Waals surface area contributed by atoms with E-state index in [1.807, 2.05) is 12.1 Å². The first-order valence-corrected chi connectivity index (χ1v) is 11.6. The van der Waals surface area contributed by atoms with Crippen LogP contribution in [0.2, 0.25) is 0 Å². The molecule has 1 aromatic heterocycles. The first kappa shape index (κ1) is 26.2.